The van der Waals surface area contributed by atoms with E-state index in [0.29, 0.717) is 19.8 Å². The summed E-state index contributed by atoms with van der Waals surface area (Å²) in [7, 11) is 0. The fourth-order valence-electron chi connectivity index (χ4n) is 0. The first-order chi connectivity index (χ1) is 1.00. The maximum Gasteiger partial charge on any atom is 0 e. The van der Waals surface area contributed by atoms with Crippen molar-refractivity contribution in [3.05, 3.63) is 0 Å². The largest absolute Gasteiger partial charge is 0 e. The molecule has 30 valence electrons. The van der Waals surface area contributed by atoms with E-state index in [1.807, 2.05) is 0 Å². The Morgan fingerprint density at radius 2 is 1.20 bits per heavy atom. The van der Waals surface area contributed by atoms with Gasteiger partial charge in [-0.1, -0.05) is 0 Å². The molecule has 0 heterocycles. The average molecular weight is 607 g/mol. The van der Waals surface area contributed by atoms with Crippen molar-refractivity contribution in [3.8, 4) is 0 Å². The molecule has 0 atom stereocenters. The Balaban J connectivity index is -0.00000000167. The van der Waals surface area contributed by atoms with Gasteiger partial charge >= 0.3 is 73.0 Å². The van der Waals surface area contributed by atoms with E-state index < -0.39 is 0 Å². The molecule has 0 aliphatic rings. The molecule has 0 radical (unpaired) electrons. The van der Waals surface area contributed by atoms with Gasteiger partial charge in [0.05, 0.1) is 0 Å². The van der Waals surface area contributed by atoms with Crippen LogP contribution >= 0.6 is 0 Å². The van der Waals surface area contributed by atoms with Crippen LogP contribution in [-0.4, -0.2) is 49.9 Å². The molecule has 0 amide bonds. The van der Waals surface area contributed by atoms with Crippen LogP contribution in [0, 0.1) is 0 Å². The molecule has 0 fully saturated rings. The van der Waals surface area contributed by atoms with Crippen molar-refractivity contribution in [2.24, 2.45) is 0 Å². The summed E-state index contributed by atoms with van der Waals surface area (Å²) < 4.78 is 8.33. The molecule has 5 heteroatoms. The Bertz CT molecular complexity index is 11.6. The van der Waals surface area contributed by atoms with Crippen LogP contribution in [0.5, 0.6) is 0 Å². The molecule has 0 bridgehead atoms. The van der Waals surface area contributed by atoms with Crippen molar-refractivity contribution >= 4 is 49.9 Å². The molecule has 0 aromatic rings. The van der Waals surface area contributed by atoms with Gasteiger partial charge in [-0.25, -0.2) is 0 Å². The first-order valence-corrected chi connectivity index (χ1v) is 1.36. The van der Waals surface area contributed by atoms with Crippen molar-refractivity contribution in [1.29, 1.82) is 0 Å². The minimum absolute atomic E-state index is 0. The van der Waals surface area contributed by atoms with E-state index in [1.165, 1.54) is 0 Å². The zero-order valence-corrected chi connectivity index (χ0v) is 17.0. The van der Waals surface area contributed by atoms with Crippen LogP contribution in [0.4, 0.5) is 0 Å². The van der Waals surface area contributed by atoms with Crippen molar-refractivity contribution in [1.82, 2.24) is 0 Å². The van der Waals surface area contributed by atoms with Gasteiger partial charge in [0.15, 0.2) is 0 Å². The standard InChI is InChI=1S/Bi.O.H2Te.W.Zn.3H/h;;1H2;;;;;. The SMILES string of the molecule is [BiH3].[O]=[W].[TeH2].[Zn]. The van der Waals surface area contributed by atoms with Gasteiger partial charge in [0, 0.05) is 19.5 Å². The topological polar surface area (TPSA) is 17.1 Å². The predicted molar refractivity (Wildman–Crippen MR) is 19.2 cm³/mol. The van der Waals surface area contributed by atoms with Crippen LogP contribution in [0.3, 0.4) is 0 Å². The first kappa shape index (κ1) is 25.0. The molecule has 0 aromatic carbocycles. The predicted octanol–water partition coefficient (Wildman–Crippen LogP) is -2.22. The van der Waals surface area contributed by atoms with Crippen LogP contribution in [0.1, 0.15) is 0 Å². The Hall–Kier alpha value is 2.78. The van der Waals surface area contributed by atoms with Crippen LogP contribution in [0.2, 0.25) is 0 Å². The van der Waals surface area contributed by atoms with Gasteiger partial charge in [-0.05, 0) is 0 Å². The van der Waals surface area contributed by atoms with Crippen LogP contribution in [0.25, 0.3) is 0 Å². The summed E-state index contributed by atoms with van der Waals surface area (Å²) in [6.45, 7) is 0. The maximum absolute atomic E-state index is 8.33. The van der Waals surface area contributed by atoms with E-state index in [-0.39, 0.29) is 69.3 Å². The molecule has 0 saturated carbocycles. The number of hydrogen-bond donors (Lipinski definition) is 0. The molecule has 0 aliphatic carbocycles. The molecule has 5 heavy (non-hydrogen) atoms. The zero-order chi connectivity index (χ0) is 2.00. The van der Waals surface area contributed by atoms with E-state index in [2.05, 4.69) is 0 Å². The number of hydrogen-bond acceptors (Lipinski definition) is 1. The van der Waals surface area contributed by atoms with Crippen molar-refractivity contribution in [3.63, 3.8) is 0 Å². The fraction of sp³-hybridized carbons (Fsp3) is 0. The fourth-order valence-corrected chi connectivity index (χ4v) is 0. The van der Waals surface area contributed by atoms with Crippen LogP contribution < -0.4 is 0 Å². The van der Waals surface area contributed by atoms with E-state index in [9.17, 15) is 0 Å². The second kappa shape index (κ2) is 29.3. The second-order valence-electron chi connectivity index (χ2n) is 0. The molecule has 0 saturated heterocycles. The third-order valence-corrected chi connectivity index (χ3v) is 0. The molecule has 0 rings (SSSR count). The summed E-state index contributed by atoms with van der Waals surface area (Å²) in [5.41, 5.74) is 0. The van der Waals surface area contributed by atoms with Gasteiger partial charge in [0.1, 0.15) is 0 Å². The maximum atomic E-state index is 8.33. The molecule has 0 unspecified atom stereocenters. The quantitative estimate of drug-likeness (QED) is 0.286. The van der Waals surface area contributed by atoms with Gasteiger partial charge < -0.3 is 0 Å². The van der Waals surface area contributed by atoms with E-state index in [0.717, 1.165) is 0 Å². The van der Waals surface area contributed by atoms with E-state index >= 15 is 0 Å². The third-order valence-electron chi connectivity index (χ3n) is 0. The second-order valence-corrected chi connectivity index (χ2v) is 0. The minimum atomic E-state index is 0. The number of rotatable bonds is 0. The molecule has 1 nitrogen and oxygen atoms in total. The van der Waals surface area contributed by atoms with Crippen molar-refractivity contribution in [2.45, 2.75) is 0 Å². The smallest absolute Gasteiger partial charge is 0 e. The summed E-state index contributed by atoms with van der Waals surface area (Å²) in [6, 6.07) is 0. The van der Waals surface area contributed by atoms with Crippen molar-refractivity contribution in [2.75, 3.05) is 0 Å². The molecule has 0 aromatic heterocycles. The summed E-state index contributed by atoms with van der Waals surface area (Å²) in [5, 5.41) is 0. The van der Waals surface area contributed by atoms with Gasteiger partial charge in [-0.15, -0.1) is 0 Å². The normalized spacial score (nSPS) is 0.800. The molecular weight excluding hydrogens is 602 g/mol. The minimum Gasteiger partial charge on any atom is 0 e. The van der Waals surface area contributed by atoms with Crippen LogP contribution in [-0.2, 0) is 42.7 Å². The molecule has 0 spiro atoms. The Morgan fingerprint density at radius 1 is 1.20 bits per heavy atom. The molecule has 0 N–H and O–H groups in total. The van der Waals surface area contributed by atoms with Gasteiger partial charge in [-0.2, -0.15) is 0 Å². The average Bonchev–Trinajstić information content (AvgIpc) is 1.00. The van der Waals surface area contributed by atoms with E-state index in [4.69, 9.17) is 3.40 Å². The van der Waals surface area contributed by atoms with Gasteiger partial charge in [-0.3, -0.25) is 0 Å². The molecule has 0 aliphatic heterocycles. The Labute approximate surface area is 90.9 Å². The Morgan fingerprint density at radius 3 is 1.20 bits per heavy atom. The van der Waals surface area contributed by atoms with Gasteiger partial charge in [0.25, 0.3) is 0 Å². The van der Waals surface area contributed by atoms with Crippen LogP contribution in [0.15, 0.2) is 0 Å². The zero-order valence-electron chi connectivity index (χ0n) is 2.73. The summed E-state index contributed by atoms with van der Waals surface area (Å²) >= 11 is 0.333. The molecular formula is H5BiOTeWZn. The van der Waals surface area contributed by atoms with E-state index in [1.54, 1.807) is 0 Å². The first-order valence-electron chi connectivity index (χ1n) is 0.167. The summed E-state index contributed by atoms with van der Waals surface area (Å²) in [4.78, 5) is 0. The summed E-state index contributed by atoms with van der Waals surface area (Å²) in [6.07, 6.45) is 0. The monoisotopic (exact) mass is 608 g/mol. The Kier molecular flexibility index (Phi) is 147. The third kappa shape index (κ3) is 20.0. The van der Waals surface area contributed by atoms with Crippen molar-refractivity contribution < 1.29 is 42.7 Å². The van der Waals surface area contributed by atoms with Gasteiger partial charge in [0.2, 0.25) is 0 Å². The summed E-state index contributed by atoms with van der Waals surface area (Å²) in [5.74, 6) is 0.